The molecule has 0 radical (unpaired) electrons. The average Bonchev–Trinajstić information content (AvgIpc) is 3.22. The van der Waals surface area contributed by atoms with Crippen LogP contribution in [0.4, 0.5) is 5.82 Å². The summed E-state index contributed by atoms with van der Waals surface area (Å²) in [6.45, 7) is 0. The number of nitrogens with zero attached hydrogens (tertiary/aromatic N) is 2. The van der Waals surface area contributed by atoms with E-state index in [1.807, 2.05) is 12.1 Å². The molecule has 2 aromatic rings. The lowest BCUT2D eigenvalue weighted by Crippen LogP contribution is -2.31. The standard InChI is InChI=1S/C19H20N2O2/c1-21(17-16(23-2)8-5-11-20-17)18(22)15-12-19(15)10-9-13-6-3-4-7-14(13)19/h3-8,11,15H,9-10,12H2,1-2H3/t15-,19-/m1/s1. The van der Waals surface area contributed by atoms with E-state index in [0.717, 1.165) is 19.3 Å². The molecule has 0 unspecified atom stereocenters. The summed E-state index contributed by atoms with van der Waals surface area (Å²) in [4.78, 5) is 18.9. The fourth-order valence-electron chi connectivity index (χ4n) is 4.05. The number of hydrogen-bond acceptors (Lipinski definition) is 3. The number of amides is 1. The smallest absolute Gasteiger partial charge is 0.232 e. The first-order valence-electron chi connectivity index (χ1n) is 8.02. The van der Waals surface area contributed by atoms with Gasteiger partial charge in [0.15, 0.2) is 11.6 Å². The van der Waals surface area contributed by atoms with Crippen LogP contribution in [0.2, 0.25) is 0 Å². The normalized spacial score (nSPS) is 24.3. The summed E-state index contributed by atoms with van der Waals surface area (Å²) in [6.07, 6.45) is 4.80. The third kappa shape index (κ3) is 2.05. The van der Waals surface area contributed by atoms with Gasteiger partial charge in [0.05, 0.1) is 7.11 Å². The van der Waals surface area contributed by atoms with Gasteiger partial charge in [-0.2, -0.15) is 0 Å². The number of fused-ring (bicyclic) bond motifs is 2. The quantitative estimate of drug-likeness (QED) is 0.875. The Kier molecular flexibility index (Phi) is 3.15. The van der Waals surface area contributed by atoms with Crippen molar-refractivity contribution in [2.24, 2.45) is 5.92 Å². The molecule has 0 bridgehead atoms. The van der Waals surface area contributed by atoms with Crippen molar-refractivity contribution in [3.8, 4) is 5.75 Å². The van der Waals surface area contributed by atoms with Crippen molar-refractivity contribution >= 4 is 11.7 Å². The molecule has 2 atom stereocenters. The Balaban J connectivity index is 1.60. The highest BCUT2D eigenvalue weighted by atomic mass is 16.5. The minimum atomic E-state index is 0.0582. The molecule has 1 amide bonds. The van der Waals surface area contributed by atoms with Gasteiger partial charge in [0.2, 0.25) is 5.91 Å². The van der Waals surface area contributed by atoms with Crippen molar-refractivity contribution < 1.29 is 9.53 Å². The van der Waals surface area contributed by atoms with Crippen molar-refractivity contribution in [3.05, 3.63) is 53.7 Å². The van der Waals surface area contributed by atoms with Gasteiger partial charge in [-0.3, -0.25) is 9.69 Å². The molecule has 0 aliphatic heterocycles. The fourth-order valence-corrected chi connectivity index (χ4v) is 4.05. The van der Waals surface area contributed by atoms with Crippen LogP contribution in [0.25, 0.3) is 0 Å². The number of hydrogen-bond donors (Lipinski definition) is 0. The maximum Gasteiger partial charge on any atom is 0.232 e. The number of rotatable bonds is 3. The molecule has 0 saturated heterocycles. The molecule has 1 fully saturated rings. The van der Waals surface area contributed by atoms with Gasteiger partial charge in [-0.25, -0.2) is 4.98 Å². The third-order valence-electron chi connectivity index (χ3n) is 5.39. The molecule has 4 heteroatoms. The zero-order valence-electron chi connectivity index (χ0n) is 13.5. The minimum Gasteiger partial charge on any atom is -0.493 e. The van der Waals surface area contributed by atoms with Crippen LogP contribution in [0.3, 0.4) is 0 Å². The predicted octanol–water partition coefficient (Wildman–Crippen LogP) is 2.96. The van der Waals surface area contributed by atoms with Gasteiger partial charge in [0, 0.05) is 24.6 Å². The maximum atomic E-state index is 13.0. The predicted molar refractivity (Wildman–Crippen MR) is 88.7 cm³/mol. The summed E-state index contributed by atoms with van der Waals surface area (Å²) < 4.78 is 5.33. The summed E-state index contributed by atoms with van der Waals surface area (Å²) in [5, 5.41) is 0. The number of benzene rings is 1. The van der Waals surface area contributed by atoms with Crippen LogP contribution in [0.15, 0.2) is 42.6 Å². The lowest BCUT2D eigenvalue weighted by atomic mass is 9.95. The lowest BCUT2D eigenvalue weighted by molar-refractivity contribution is -0.120. The number of methoxy groups -OCH3 is 1. The molecule has 0 N–H and O–H groups in total. The average molecular weight is 308 g/mol. The summed E-state index contributed by atoms with van der Waals surface area (Å²) in [5.74, 6) is 1.42. The van der Waals surface area contributed by atoms with Gasteiger partial charge in [-0.15, -0.1) is 0 Å². The second kappa shape index (κ2) is 5.08. The summed E-state index contributed by atoms with van der Waals surface area (Å²) in [7, 11) is 3.39. The van der Waals surface area contributed by atoms with E-state index in [1.54, 1.807) is 25.3 Å². The SMILES string of the molecule is COc1cccnc1N(C)C(=O)[C@H]1C[C@@]12CCc1ccccc12. The van der Waals surface area contributed by atoms with Gasteiger partial charge in [0.1, 0.15) is 0 Å². The second-order valence-electron chi connectivity index (χ2n) is 6.50. The number of carbonyl (C=O) groups excluding carboxylic acids is 1. The molecule has 1 saturated carbocycles. The summed E-state index contributed by atoms with van der Waals surface area (Å²) in [5.41, 5.74) is 2.84. The molecule has 4 rings (SSSR count). The van der Waals surface area contributed by atoms with E-state index in [0.29, 0.717) is 11.6 Å². The van der Waals surface area contributed by atoms with Gasteiger partial charge in [-0.1, -0.05) is 24.3 Å². The molecule has 1 aromatic carbocycles. The largest absolute Gasteiger partial charge is 0.493 e. The zero-order valence-corrected chi connectivity index (χ0v) is 13.5. The molecule has 118 valence electrons. The Morgan fingerprint density at radius 1 is 1.30 bits per heavy atom. The van der Waals surface area contributed by atoms with Crippen molar-refractivity contribution in [1.82, 2.24) is 4.98 Å². The Morgan fingerprint density at radius 3 is 2.96 bits per heavy atom. The van der Waals surface area contributed by atoms with Crippen molar-refractivity contribution in [2.45, 2.75) is 24.7 Å². The molecule has 1 heterocycles. The van der Waals surface area contributed by atoms with Crippen LogP contribution in [-0.4, -0.2) is 25.0 Å². The van der Waals surface area contributed by atoms with Gasteiger partial charge in [-0.05, 0) is 42.5 Å². The highest BCUT2D eigenvalue weighted by molar-refractivity contribution is 5.98. The molecule has 23 heavy (non-hydrogen) atoms. The van der Waals surface area contributed by atoms with E-state index in [-0.39, 0.29) is 17.2 Å². The van der Waals surface area contributed by atoms with E-state index < -0.39 is 0 Å². The highest BCUT2D eigenvalue weighted by Gasteiger charge is 2.62. The van der Waals surface area contributed by atoms with Crippen LogP contribution in [0, 0.1) is 5.92 Å². The van der Waals surface area contributed by atoms with E-state index in [4.69, 9.17) is 4.74 Å². The number of carbonyl (C=O) groups is 1. The maximum absolute atomic E-state index is 13.0. The van der Waals surface area contributed by atoms with Crippen LogP contribution in [-0.2, 0) is 16.6 Å². The number of anilines is 1. The van der Waals surface area contributed by atoms with E-state index in [1.165, 1.54) is 11.1 Å². The van der Waals surface area contributed by atoms with Crippen LogP contribution >= 0.6 is 0 Å². The molecule has 2 aliphatic rings. The van der Waals surface area contributed by atoms with Crippen LogP contribution in [0.5, 0.6) is 5.75 Å². The first kappa shape index (κ1) is 14.2. The summed E-state index contributed by atoms with van der Waals surface area (Å²) >= 11 is 0. The molecular weight excluding hydrogens is 288 g/mol. The third-order valence-corrected chi connectivity index (χ3v) is 5.39. The molecule has 1 aromatic heterocycles. The Labute approximate surface area is 136 Å². The first-order valence-corrected chi connectivity index (χ1v) is 8.02. The summed E-state index contributed by atoms with van der Waals surface area (Å²) in [6, 6.07) is 12.2. The number of ether oxygens (including phenoxy) is 1. The highest BCUT2D eigenvalue weighted by Crippen LogP contribution is 2.62. The minimum absolute atomic E-state index is 0.0582. The Morgan fingerprint density at radius 2 is 2.13 bits per heavy atom. The van der Waals surface area contributed by atoms with Gasteiger partial charge >= 0.3 is 0 Å². The van der Waals surface area contributed by atoms with Crippen molar-refractivity contribution in [2.75, 3.05) is 19.1 Å². The first-order chi connectivity index (χ1) is 11.2. The molecule has 4 nitrogen and oxygen atoms in total. The van der Waals surface area contributed by atoms with Crippen LogP contribution < -0.4 is 9.64 Å². The number of pyridine rings is 1. The molecule has 1 spiro atoms. The monoisotopic (exact) mass is 308 g/mol. The fraction of sp³-hybridized carbons (Fsp3) is 0.368. The van der Waals surface area contributed by atoms with Gasteiger partial charge < -0.3 is 4.74 Å². The Hall–Kier alpha value is -2.36. The molecule has 2 aliphatic carbocycles. The van der Waals surface area contributed by atoms with Gasteiger partial charge in [0.25, 0.3) is 0 Å². The Bertz CT molecular complexity index is 773. The number of aromatic nitrogens is 1. The second-order valence-corrected chi connectivity index (χ2v) is 6.50. The van der Waals surface area contributed by atoms with Crippen molar-refractivity contribution in [3.63, 3.8) is 0 Å². The lowest BCUT2D eigenvalue weighted by Gasteiger charge is -2.20. The topological polar surface area (TPSA) is 42.4 Å². The zero-order chi connectivity index (χ0) is 16.0. The van der Waals surface area contributed by atoms with E-state index in [2.05, 4.69) is 29.2 Å². The molecular formula is C19H20N2O2. The van der Waals surface area contributed by atoms with E-state index in [9.17, 15) is 4.79 Å². The van der Waals surface area contributed by atoms with Crippen LogP contribution in [0.1, 0.15) is 24.0 Å². The van der Waals surface area contributed by atoms with Crippen molar-refractivity contribution in [1.29, 1.82) is 0 Å². The number of aryl methyl sites for hydroxylation is 1. The van der Waals surface area contributed by atoms with E-state index >= 15 is 0 Å².